The summed E-state index contributed by atoms with van der Waals surface area (Å²) >= 11 is 1.57. The third-order valence-corrected chi connectivity index (χ3v) is 6.71. The van der Waals surface area contributed by atoms with Crippen LogP contribution in [0.3, 0.4) is 0 Å². The Labute approximate surface area is 198 Å². The molecule has 0 aliphatic carbocycles. The fraction of sp³-hybridized carbons (Fsp3) is 0.474. The van der Waals surface area contributed by atoms with Crippen LogP contribution in [0.15, 0.2) is 28.9 Å². The maximum absolute atomic E-state index is 14.2. The summed E-state index contributed by atoms with van der Waals surface area (Å²) in [6.45, 7) is 2.09. The van der Waals surface area contributed by atoms with Crippen LogP contribution < -0.4 is 5.32 Å². The predicted octanol–water partition coefficient (Wildman–Crippen LogP) is 3.78. The molecule has 13 heteroatoms. The van der Waals surface area contributed by atoms with E-state index in [0.717, 1.165) is 30.2 Å². The second-order valence-electron chi connectivity index (χ2n) is 7.58. The van der Waals surface area contributed by atoms with Gasteiger partial charge in [0.05, 0.1) is 12.2 Å². The molecule has 1 saturated heterocycles. The molecule has 2 aliphatic rings. The van der Waals surface area contributed by atoms with Crippen molar-refractivity contribution in [1.82, 2.24) is 30.3 Å². The number of fused-ring (bicyclic) bond motifs is 1. The van der Waals surface area contributed by atoms with Gasteiger partial charge < -0.3 is 9.84 Å². The first-order valence-electron chi connectivity index (χ1n) is 9.67. The highest BCUT2D eigenvalue weighted by atomic mass is 35.5. The van der Waals surface area contributed by atoms with Crippen molar-refractivity contribution in [2.75, 3.05) is 19.6 Å². The summed E-state index contributed by atoms with van der Waals surface area (Å²) in [5.74, 6) is -0.339. The van der Waals surface area contributed by atoms with Gasteiger partial charge in [-0.15, -0.1) is 36.2 Å². The van der Waals surface area contributed by atoms with E-state index < -0.39 is 17.5 Å². The maximum Gasteiger partial charge on any atom is 0.404 e. The molecule has 5 rings (SSSR count). The van der Waals surface area contributed by atoms with E-state index >= 15 is 0 Å². The molecule has 0 bridgehead atoms. The molecule has 32 heavy (non-hydrogen) atoms. The van der Waals surface area contributed by atoms with Gasteiger partial charge in [0.25, 0.3) is 0 Å². The zero-order valence-electron chi connectivity index (χ0n) is 16.8. The lowest BCUT2D eigenvalue weighted by molar-refractivity contribution is -0.193. The number of hydrogen-bond donors (Lipinski definition) is 1. The molecule has 0 spiro atoms. The van der Waals surface area contributed by atoms with E-state index in [1.165, 1.54) is 11.1 Å². The average molecular weight is 509 g/mol. The Balaban J connectivity index is 0.00000144. The van der Waals surface area contributed by atoms with Gasteiger partial charge in [0.15, 0.2) is 5.41 Å². The van der Waals surface area contributed by atoms with Crippen LogP contribution in [0.5, 0.6) is 0 Å². The van der Waals surface area contributed by atoms with Gasteiger partial charge in [0, 0.05) is 43.7 Å². The third-order valence-electron chi connectivity index (χ3n) is 5.63. The molecule has 1 fully saturated rings. The Kier molecular flexibility index (Phi) is 7.45. The van der Waals surface area contributed by atoms with Crippen molar-refractivity contribution in [3.63, 3.8) is 0 Å². The molecule has 5 heterocycles. The minimum Gasteiger partial charge on any atom is -0.338 e. The number of pyridine rings is 1. The quantitative estimate of drug-likeness (QED) is 0.574. The van der Waals surface area contributed by atoms with Crippen molar-refractivity contribution in [2.45, 2.75) is 37.5 Å². The van der Waals surface area contributed by atoms with Crippen LogP contribution in [0.1, 0.15) is 27.9 Å². The van der Waals surface area contributed by atoms with Crippen molar-refractivity contribution in [2.24, 2.45) is 0 Å². The van der Waals surface area contributed by atoms with Gasteiger partial charge in [-0.3, -0.25) is 9.88 Å². The van der Waals surface area contributed by atoms with Crippen LogP contribution in [0, 0.1) is 0 Å². The highest BCUT2D eigenvalue weighted by Gasteiger charge is 2.62. The molecule has 174 valence electrons. The van der Waals surface area contributed by atoms with Crippen LogP contribution in [0.25, 0.3) is 11.5 Å². The van der Waals surface area contributed by atoms with Crippen molar-refractivity contribution < 1.29 is 17.7 Å². The SMILES string of the molecule is Cl.Cl.FC(F)(F)C1(c2nc(-c3ccccn3)no2)CCN(Cc2nc3c(s2)CNCC3)C1. The molecule has 1 unspecified atom stereocenters. The molecule has 0 aromatic carbocycles. The second-order valence-corrected chi connectivity index (χ2v) is 8.75. The van der Waals surface area contributed by atoms with Gasteiger partial charge in [0.2, 0.25) is 11.7 Å². The average Bonchev–Trinajstić information content (AvgIpc) is 3.46. The second kappa shape index (κ2) is 9.60. The first-order chi connectivity index (χ1) is 14.4. The number of aromatic nitrogens is 4. The molecule has 0 saturated carbocycles. The molecule has 1 atom stereocenters. The van der Waals surface area contributed by atoms with E-state index in [9.17, 15) is 13.2 Å². The smallest absolute Gasteiger partial charge is 0.338 e. The van der Waals surface area contributed by atoms with Crippen LogP contribution in [0.2, 0.25) is 0 Å². The summed E-state index contributed by atoms with van der Waals surface area (Å²) in [5, 5.41) is 7.90. The largest absolute Gasteiger partial charge is 0.404 e. The Hall–Kier alpha value is -1.79. The standard InChI is InChI=1S/C19H19F3N6OS.2ClH/c20-19(21,22)18(17-26-16(27-29-17)13-3-1-2-6-24-13)5-8-28(11-18)10-15-25-12-4-7-23-9-14(12)30-15;;/h1-3,6,23H,4-5,7-11H2;2*1H. The molecule has 0 amide bonds. The molecule has 7 nitrogen and oxygen atoms in total. The minimum atomic E-state index is -4.51. The van der Waals surface area contributed by atoms with Crippen molar-refractivity contribution in [3.8, 4) is 11.5 Å². The predicted molar refractivity (Wildman–Crippen MR) is 117 cm³/mol. The Morgan fingerprint density at radius 1 is 1.22 bits per heavy atom. The molecule has 1 N–H and O–H groups in total. The Morgan fingerprint density at radius 3 is 2.78 bits per heavy atom. The summed E-state index contributed by atoms with van der Waals surface area (Å²) in [4.78, 5) is 15.8. The van der Waals surface area contributed by atoms with Gasteiger partial charge in [0.1, 0.15) is 10.7 Å². The highest BCUT2D eigenvalue weighted by molar-refractivity contribution is 7.11. The zero-order valence-corrected chi connectivity index (χ0v) is 19.2. The number of thiazole rings is 1. The first-order valence-corrected chi connectivity index (χ1v) is 10.5. The lowest BCUT2D eigenvalue weighted by atomic mass is 9.86. The van der Waals surface area contributed by atoms with Crippen molar-refractivity contribution in [1.29, 1.82) is 0 Å². The van der Waals surface area contributed by atoms with Crippen LogP contribution >= 0.6 is 36.2 Å². The van der Waals surface area contributed by atoms with Gasteiger partial charge in [-0.1, -0.05) is 11.2 Å². The van der Waals surface area contributed by atoms with E-state index in [1.807, 2.05) is 0 Å². The van der Waals surface area contributed by atoms with Gasteiger partial charge in [-0.2, -0.15) is 18.2 Å². The highest BCUT2D eigenvalue weighted by Crippen LogP contribution is 2.47. The normalized spacial score (nSPS) is 21.0. The van der Waals surface area contributed by atoms with Gasteiger partial charge in [-0.05, 0) is 18.6 Å². The Bertz CT molecular complexity index is 1020. The molecular weight excluding hydrogens is 488 g/mol. The summed E-state index contributed by atoms with van der Waals surface area (Å²) in [7, 11) is 0. The number of hydrogen-bond acceptors (Lipinski definition) is 8. The number of nitrogens with one attached hydrogen (secondary N) is 1. The van der Waals surface area contributed by atoms with E-state index in [0.29, 0.717) is 12.2 Å². The summed E-state index contributed by atoms with van der Waals surface area (Å²) in [6.07, 6.45) is -2.25. The number of nitrogens with zero attached hydrogens (tertiary/aromatic N) is 5. The third kappa shape index (κ3) is 4.49. The van der Waals surface area contributed by atoms with Crippen LogP contribution in [0.4, 0.5) is 13.2 Å². The fourth-order valence-corrected chi connectivity index (χ4v) is 5.13. The summed E-state index contributed by atoms with van der Waals surface area (Å²) < 4.78 is 47.8. The van der Waals surface area contributed by atoms with Gasteiger partial charge in [-0.25, -0.2) is 4.98 Å². The molecule has 2 aliphatic heterocycles. The van der Waals surface area contributed by atoms with E-state index in [1.54, 1.807) is 34.4 Å². The number of halogens is 5. The zero-order chi connectivity index (χ0) is 20.8. The lowest BCUT2D eigenvalue weighted by Crippen LogP contribution is -2.45. The number of rotatable bonds is 4. The van der Waals surface area contributed by atoms with Crippen molar-refractivity contribution in [3.05, 3.63) is 45.9 Å². The molecule has 3 aromatic rings. The van der Waals surface area contributed by atoms with E-state index in [-0.39, 0.29) is 50.1 Å². The fourth-order valence-electron chi connectivity index (χ4n) is 4.01. The van der Waals surface area contributed by atoms with Gasteiger partial charge >= 0.3 is 6.18 Å². The van der Waals surface area contributed by atoms with E-state index in [4.69, 9.17) is 4.52 Å². The molecule has 0 radical (unpaired) electrons. The molecular formula is C19H21Cl2F3N6OS. The first kappa shape index (κ1) is 24.8. The maximum atomic E-state index is 14.2. The van der Waals surface area contributed by atoms with Crippen LogP contribution in [-0.2, 0) is 24.9 Å². The summed E-state index contributed by atoms with van der Waals surface area (Å²) in [6, 6.07) is 5.07. The monoisotopic (exact) mass is 508 g/mol. The number of likely N-dealkylation sites (tertiary alicyclic amines) is 1. The topological polar surface area (TPSA) is 80.0 Å². The number of alkyl halides is 3. The molecule has 3 aromatic heterocycles. The van der Waals surface area contributed by atoms with E-state index in [2.05, 4.69) is 25.4 Å². The Morgan fingerprint density at radius 2 is 2.06 bits per heavy atom. The summed E-state index contributed by atoms with van der Waals surface area (Å²) in [5.41, 5.74) is -0.751. The van der Waals surface area contributed by atoms with Crippen LogP contribution in [-0.4, -0.2) is 50.8 Å². The minimum absolute atomic E-state index is 0. The lowest BCUT2D eigenvalue weighted by Gasteiger charge is -2.27. The van der Waals surface area contributed by atoms with Crippen molar-refractivity contribution >= 4 is 36.2 Å².